The Morgan fingerprint density at radius 3 is 2.83 bits per heavy atom. The summed E-state index contributed by atoms with van der Waals surface area (Å²) in [4.78, 5) is 59.5. The number of urea groups is 1. The second-order valence-corrected chi connectivity index (χ2v) is 8.61. The number of amides is 4. The lowest BCUT2D eigenvalue weighted by molar-refractivity contribution is -0.134. The molecule has 0 spiro atoms. The SMILES string of the molecule is Cn1cncc1CC(C(=O)Nc1nc(C(=O)O)cs1)N1C(=O)NC(c2ccc3c(c2)OCO3)C1=O. The van der Waals surface area contributed by atoms with Gasteiger partial charge >= 0.3 is 12.0 Å². The minimum atomic E-state index is -1.26. The molecule has 1 fully saturated rings. The zero-order valence-corrected chi connectivity index (χ0v) is 18.9. The number of carboxylic acid groups (broad SMARTS) is 1. The lowest BCUT2D eigenvalue weighted by Crippen LogP contribution is -2.49. The number of imide groups is 1. The molecule has 14 heteroatoms. The Kier molecular flexibility index (Phi) is 5.56. The minimum absolute atomic E-state index is 0.0213. The Bertz CT molecular complexity index is 1350. The van der Waals surface area contributed by atoms with E-state index in [4.69, 9.17) is 14.6 Å². The average molecular weight is 498 g/mol. The monoisotopic (exact) mass is 498 g/mol. The molecule has 5 rings (SSSR count). The van der Waals surface area contributed by atoms with E-state index in [1.165, 1.54) is 17.9 Å². The van der Waals surface area contributed by atoms with Crippen molar-refractivity contribution >= 4 is 40.3 Å². The fourth-order valence-corrected chi connectivity index (χ4v) is 4.49. The fraction of sp³-hybridized carbons (Fsp3) is 0.238. The van der Waals surface area contributed by atoms with Crippen molar-refractivity contribution in [3.63, 3.8) is 0 Å². The first-order valence-corrected chi connectivity index (χ1v) is 11.2. The van der Waals surface area contributed by atoms with Gasteiger partial charge in [0.05, 0.1) is 6.33 Å². The summed E-state index contributed by atoms with van der Waals surface area (Å²) in [5, 5.41) is 15.5. The summed E-state index contributed by atoms with van der Waals surface area (Å²) >= 11 is 0.916. The zero-order valence-electron chi connectivity index (χ0n) is 18.1. The Balaban J connectivity index is 1.43. The number of fused-ring (bicyclic) bond motifs is 1. The van der Waals surface area contributed by atoms with E-state index in [1.807, 2.05) is 0 Å². The van der Waals surface area contributed by atoms with Gasteiger partial charge in [0.15, 0.2) is 22.3 Å². The second kappa shape index (κ2) is 8.72. The predicted octanol–water partition coefficient (Wildman–Crippen LogP) is 1.15. The molecule has 3 N–H and O–H groups in total. The largest absolute Gasteiger partial charge is 0.476 e. The number of hydrogen-bond acceptors (Lipinski definition) is 9. The van der Waals surface area contributed by atoms with Gasteiger partial charge in [0.25, 0.3) is 5.91 Å². The summed E-state index contributed by atoms with van der Waals surface area (Å²) in [6.07, 6.45) is 3.04. The molecule has 180 valence electrons. The van der Waals surface area contributed by atoms with Crippen LogP contribution >= 0.6 is 11.3 Å². The highest BCUT2D eigenvalue weighted by atomic mass is 32.1. The van der Waals surface area contributed by atoms with Crippen LogP contribution in [0.25, 0.3) is 0 Å². The maximum absolute atomic E-state index is 13.4. The fourth-order valence-electron chi connectivity index (χ4n) is 3.81. The number of benzene rings is 1. The number of thiazole rings is 1. The van der Waals surface area contributed by atoms with Crippen LogP contribution in [-0.2, 0) is 23.1 Å². The molecule has 0 aliphatic carbocycles. The Labute approximate surface area is 201 Å². The lowest BCUT2D eigenvalue weighted by Gasteiger charge is -2.24. The van der Waals surface area contributed by atoms with Gasteiger partial charge in [0.2, 0.25) is 12.7 Å². The molecule has 2 atom stereocenters. The van der Waals surface area contributed by atoms with Gasteiger partial charge in [-0.1, -0.05) is 6.07 Å². The van der Waals surface area contributed by atoms with E-state index in [-0.39, 0.29) is 24.0 Å². The highest BCUT2D eigenvalue weighted by Gasteiger charge is 2.46. The molecule has 0 bridgehead atoms. The van der Waals surface area contributed by atoms with Crippen LogP contribution in [0.2, 0.25) is 0 Å². The van der Waals surface area contributed by atoms with E-state index < -0.39 is 35.9 Å². The number of anilines is 1. The highest BCUT2D eigenvalue weighted by molar-refractivity contribution is 7.14. The van der Waals surface area contributed by atoms with Gasteiger partial charge in [-0.3, -0.25) is 9.59 Å². The maximum Gasteiger partial charge on any atom is 0.355 e. The summed E-state index contributed by atoms with van der Waals surface area (Å²) in [6, 6.07) is 1.85. The number of carbonyl (C=O) groups excluding carboxylic acids is 3. The van der Waals surface area contributed by atoms with Crippen LogP contribution in [0.15, 0.2) is 36.1 Å². The van der Waals surface area contributed by atoms with Crippen molar-refractivity contribution in [2.24, 2.45) is 7.05 Å². The molecule has 4 heterocycles. The topological polar surface area (TPSA) is 165 Å². The minimum Gasteiger partial charge on any atom is -0.476 e. The standard InChI is InChI=1S/C21H18N6O7S/c1-26-8-22-6-11(26)5-13(17(28)25-20-23-12(7-35-20)19(30)31)27-18(29)16(24-21(27)32)10-2-3-14-15(4-10)34-9-33-14/h2-4,6-8,13,16H,5,9H2,1H3,(H,24,32)(H,30,31)(H,23,25,28). The molecule has 2 aliphatic rings. The summed E-state index contributed by atoms with van der Waals surface area (Å²) < 4.78 is 12.3. The number of ether oxygens (including phenoxy) is 2. The zero-order chi connectivity index (χ0) is 24.7. The van der Waals surface area contributed by atoms with Crippen LogP contribution in [0.1, 0.15) is 27.8 Å². The van der Waals surface area contributed by atoms with E-state index in [1.54, 1.807) is 29.8 Å². The van der Waals surface area contributed by atoms with Crippen LogP contribution in [-0.4, -0.2) is 61.2 Å². The molecule has 35 heavy (non-hydrogen) atoms. The molecule has 3 aromatic rings. The number of aromatic nitrogens is 3. The van der Waals surface area contributed by atoms with Gasteiger partial charge in [-0.25, -0.2) is 24.5 Å². The molecular formula is C21H18N6O7S. The van der Waals surface area contributed by atoms with Crippen molar-refractivity contribution in [3.05, 3.63) is 53.1 Å². The first-order valence-electron chi connectivity index (χ1n) is 10.3. The lowest BCUT2D eigenvalue weighted by atomic mass is 10.0. The summed E-state index contributed by atoms with van der Waals surface area (Å²) in [5.74, 6) is -1.59. The van der Waals surface area contributed by atoms with Crippen molar-refractivity contribution < 1.29 is 33.8 Å². The third-order valence-corrected chi connectivity index (χ3v) is 6.35. The molecule has 1 aromatic carbocycles. The van der Waals surface area contributed by atoms with Gasteiger partial charge in [-0.05, 0) is 17.7 Å². The van der Waals surface area contributed by atoms with Gasteiger partial charge in [-0.15, -0.1) is 11.3 Å². The quantitative estimate of drug-likeness (QED) is 0.405. The number of carbonyl (C=O) groups is 4. The second-order valence-electron chi connectivity index (χ2n) is 7.75. The molecule has 0 radical (unpaired) electrons. The molecule has 0 saturated carbocycles. The van der Waals surface area contributed by atoms with E-state index >= 15 is 0 Å². The van der Waals surface area contributed by atoms with Gasteiger partial charge < -0.3 is 29.8 Å². The number of rotatable bonds is 7. The molecule has 2 aliphatic heterocycles. The average Bonchev–Trinajstić information content (AvgIpc) is 3.61. The van der Waals surface area contributed by atoms with Crippen LogP contribution < -0.4 is 20.1 Å². The number of nitrogens with one attached hydrogen (secondary N) is 2. The third kappa shape index (κ3) is 4.14. The maximum atomic E-state index is 13.4. The van der Waals surface area contributed by atoms with E-state index in [0.29, 0.717) is 22.8 Å². The number of aromatic carboxylic acids is 1. The molecule has 2 unspecified atom stereocenters. The molecule has 13 nitrogen and oxygen atoms in total. The van der Waals surface area contributed by atoms with Gasteiger partial charge in [0.1, 0.15) is 12.1 Å². The molecule has 4 amide bonds. The smallest absolute Gasteiger partial charge is 0.355 e. The van der Waals surface area contributed by atoms with Crippen LogP contribution in [0, 0.1) is 0 Å². The van der Waals surface area contributed by atoms with Crippen molar-refractivity contribution in [2.45, 2.75) is 18.5 Å². The summed E-state index contributed by atoms with van der Waals surface area (Å²) in [7, 11) is 1.72. The van der Waals surface area contributed by atoms with Crippen LogP contribution in [0.3, 0.4) is 0 Å². The molecule has 1 saturated heterocycles. The van der Waals surface area contributed by atoms with Gasteiger partial charge in [0, 0.05) is 30.7 Å². The predicted molar refractivity (Wildman–Crippen MR) is 119 cm³/mol. The van der Waals surface area contributed by atoms with E-state index in [0.717, 1.165) is 16.2 Å². The Morgan fingerprint density at radius 2 is 2.11 bits per heavy atom. The van der Waals surface area contributed by atoms with Crippen LogP contribution in [0.4, 0.5) is 9.93 Å². The highest BCUT2D eigenvalue weighted by Crippen LogP contribution is 2.36. The summed E-state index contributed by atoms with van der Waals surface area (Å²) in [5.41, 5.74) is 0.842. The van der Waals surface area contributed by atoms with Gasteiger partial charge in [-0.2, -0.15) is 0 Å². The van der Waals surface area contributed by atoms with Crippen molar-refractivity contribution in [1.29, 1.82) is 0 Å². The van der Waals surface area contributed by atoms with Crippen molar-refractivity contribution in [2.75, 3.05) is 12.1 Å². The summed E-state index contributed by atoms with van der Waals surface area (Å²) in [6.45, 7) is 0.0587. The third-order valence-electron chi connectivity index (χ3n) is 5.59. The molecular weight excluding hydrogens is 480 g/mol. The van der Waals surface area contributed by atoms with Crippen LogP contribution in [0.5, 0.6) is 11.5 Å². The number of carboxylic acids is 1. The number of imidazole rings is 1. The van der Waals surface area contributed by atoms with Crippen molar-refractivity contribution in [3.8, 4) is 11.5 Å². The molecule has 2 aromatic heterocycles. The number of hydrogen-bond donors (Lipinski definition) is 3. The first-order chi connectivity index (χ1) is 16.8. The Morgan fingerprint density at radius 1 is 1.31 bits per heavy atom. The Hall–Kier alpha value is -4.46. The van der Waals surface area contributed by atoms with E-state index in [9.17, 15) is 19.2 Å². The number of nitrogens with zero attached hydrogens (tertiary/aromatic N) is 4. The van der Waals surface area contributed by atoms with E-state index in [2.05, 4.69) is 20.6 Å². The van der Waals surface area contributed by atoms with Crippen molar-refractivity contribution in [1.82, 2.24) is 24.8 Å². The first kappa shape index (κ1) is 22.3. The normalized spacial score (nSPS) is 17.4. The number of aryl methyl sites for hydroxylation is 1.